The molecular formula is C19H21N3O7. The number of nitro benzene ring substituents is 1. The van der Waals surface area contributed by atoms with E-state index in [1.165, 1.54) is 32.4 Å². The Morgan fingerprint density at radius 1 is 1.21 bits per heavy atom. The van der Waals surface area contributed by atoms with Crippen molar-refractivity contribution in [2.75, 3.05) is 32.7 Å². The number of rotatable bonds is 9. The van der Waals surface area contributed by atoms with E-state index in [9.17, 15) is 19.7 Å². The van der Waals surface area contributed by atoms with Gasteiger partial charge in [-0.25, -0.2) is 9.86 Å². The van der Waals surface area contributed by atoms with E-state index >= 15 is 0 Å². The fraction of sp³-hybridized carbons (Fsp3) is 0.263. The molecule has 0 radical (unpaired) electrons. The van der Waals surface area contributed by atoms with Crippen LogP contribution in [0.2, 0.25) is 0 Å². The second-order valence-corrected chi connectivity index (χ2v) is 5.72. The topological polar surface area (TPSA) is 120 Å². The summed E-state index contributed by atoms with van der Waals surface area (Å²) in [6.45, 7) is 1.68. The van der Waals surface area contributed by atoms with Crippen LogP contribution in [0.3, 0.4) is 0 Å². The summed E-state index contributed by atoms with van der Waals surface area (Å²) < 4.78 is 10.2. The van der Waals surface area contributed by atoms with Crippen LogP contribution in [0.25, 0.3) is 0 Å². The van der Waals surface area contributed by atoms with Gasteiger partial charge in [-0.2, -0.15) is 0 Å². The minimum absolute atomic E-state index is 0.118. The Labute approximate surface area is 167 Å². The van der Waals surface area contributed by atoms with Gasteiger partial charge in [-0.3, -0.25) is 19.7 Å². The number of anilines is 2. The molecule has 0 aliphatic carbocycles. The summed E-state index contributed by atoms with van der Waals surface area (Å²) in [6, 6.07) is 10.5. The molecule has 154 valence electrons. The van der Waals surface area contributed by atoms with Crippen LogP contribution in [0.5, 0.6) is 5.75 Å². The number of hydrogen-bond acceptors (Lipinski definition) is 8. The predicted molar refractivity (Wildman–Crippen MR) is 104 cm³/mol. The van der Waals surface area contributed by atoms with Gasteiger partial charge >= 0.3 is 5.97 Å². The van der Waals surface area contributed by atoms with Crippen molar-refractivity contribution in [2.24, 2.45) is 0 Å². The van der Waals surface area contributed by atoms with Crippen LogP contribution in [-0.4, -0.2) is 49.2 Å². The minimum Gasteiger partial charge on any atom is -0.482 e. The summed E-state index contributed by atoms with van der Waals surface area (Å²) >= 11 is 0. The molecule has 10 nitrogen and oxygen atoms in total. The summed E-state index contributed by atoms with van der Waals surface area (Å²) in [5.41, 5.74) is 0.587. The fourth-order valence-electron chi connectivity index (χ4n) is 2.36. The van der Waals surface area contributed by atoms with Crippen LogP contribution in [0.15, 0.2) is 42.5 Å². The van der Waals surface area contributed by atoms with Gasteiger partial charge in [-0.05, 0) is 31.2 Å². The SMILES string of the molecule is CCOC(=O)COc1cccc(Nc2cc(C(=O)N(C)OC)ccc2[N+](=O)[O-])c1. The van der Waals surface area contributed by atoms with E-state index in [-0.39, 0.29) is 30.2 Å². The molecule has 2 aromatic carbocycles. The molecule has 0 atom stereocenters. The average molecular weight is 403 g/mol. The van der Waals surface area contributed by atoms with Crippen molar-refractivity contribution in [3.63, 3.8) is 0 Å². The highest BCUT2D eigenvalue weighted by Crippen LogP contribution is 2.30. The second kappa shape index (κ2) is 10.0. The van der Waals surface area contributed by atoms with E-state index < -0.39 is 16.8 Å². The largest absolute Gasteiger partial charge is 0.482 e. The quantitative estimate of drug-likeness (QED) is 0.385. The average Bonchev–Trinajstić information content (AvgIpc) is 2.71. The maximum Gasteiger partial charge on any atom is 0.344 e. The number of amides is 1. The van der Waals surface area contributed by atoms with Crippen molar-refractivity contribution in [1.82, 2.24) is 5.06 Å². The van der Waals surface area contributed by atoms with Crippen LogP contribution in [0.1, 0.15) is 17.3 Å². The van der Waals surface area contributed by atoms with Gasteiger partial charge in [-0.1, -0.05) is 6.07 Å². The molecule has 0 heterocycles. The molecule has 29 heavy (non-hydrogen) atoms. The summed E-state index contributed by atoms with van der Waals surface area (Å²) in [5.74, 6) is -0.594. The van der Waals surface area contributed by atoms with Crippen molar-refractivity contribution in [2.45, 2.75) is 6.92 Å². The molecule has 2 aromatic rings. The second-order valence-electron chi connectivity index (χ2n) is 5.72. The number of nitrogens with zero attached hydrogens (tertiary/aromatic N) is 2. The van der Waals surface area contributed by atoms with Gasteiger partial charge in [0.2, 0.25) is 0 Å². The smallest absolute Gasteiger partial charge is 0.344 e. The van der Waals surface area contributed by atoms with E-state index in [0.29, 0.717) is 11.4 Å². The Bertz CT molecular complexity index is 901. The number of esters is 1. The number of hydrogen-bond donors (Lipinski definition) is 1. The Kier molecular flexibility index (Phi) is 7.49. The number of nitrogens with one attached hydrogen (secondary N) is 1. The van der Waals surface area contributed by atoms with Gasteiger partial charge in [0, 0.05) is 30.4 Å². The van der Waals surface area contributed by atoms with E-state index in [4.69, 9.17) is 14.3 Å². The fourth-order valence-corrected chi connectivity index (χ4v) is 2.36. The zero-order valence-corrected chi connectivity index (χ0v) is 16.2. The van der Waals surface area contributed by atoms with E-state index in [1.807, 2.05) is 0 Å². The summed E-state index contributed by atoms with van der Waals surface area (Å²) in [4.78, 5) is 39.3. The Balaban J connectivity index is 2.25. The zero-order valence-electron chi connectivity index (χ0n) is 16.2. The molecule has 2 rings (SSSR count). The van der Waals surface area contributed by atoms with Crippen LogP contribution in [0.4, 0.5) is 17.1 Å². The number of nitro groups is 1. The molecule has 0 aliphatic heterocycles. The normalized spacial score (nSPS) is 10.2. The van der Waals surface area contributed by atoms with Crippen LogP contribution in [0, 0.1) is 10.1 Å². The number of hydroxylamine groups is 2. The molecule has 0 fully saturated rings. The molecule has 0 saturated carbocycles. The van der Waals surface area contributed by atoms with Crippen molar-refractivity contribution in [3.05, 3.63) is 58.1 Å². The standard InChI is InChI=1S/C19H21N3O7/c1-4-28-18(23)12-29-15-7-5-6-14(11-15)20-16-10-13(19(24)21(2)27-3)8-9-17(16)22(25)26/h5-11,20H,4,12H2,1-3H3. The highest BCUT2D eigenvalue weighted by Gasteiger charge is 2.19. The van der Waals surface area contributed by atoms with Crippen molar-refractivity contribution < 1.29 is 28.8 Å². The van der Waals surface area contributed by atoms with Crippen molar-refractivity contribution in [3.8, 4) is 5.75 Å². The van der Waals surface area contributed by atoms with Gasteiger partial charge < -0.3 is 14.8 Å². The lowest BCUT2D eigenvalue weighted by Crippen LogP contribution is -2.25. The molecule has 0 aliphatic rings. The van der Waals surface area contributed by atoms with Gasteiger partial charge in [-0.15, -0.1) is 0 Å². The monoisotopic (exact) mass is 403 g/mol. The lowest BCUT2D eigenvalue weighted by Gasteiger charge is -2.15. The third-order valence-electron chi connectivity index (χ3n) is 3.78. The first-order chi connectivity index (χ1) is 13.8. The molecule has 10 heteroatoms. The number of ether oxygens (including phenoxy) is 2. The molecular weight excluding hydrogens is 382 g/mol. The van der Waals surface area contributed by atoms with Crippen molar-refractivity contribution >= 4 is 28.9 Å². The third kappa shape index (κ3) is 5.91. The summed E-state index contributed by atoms with van der Waals surface area (Å²) in [6.07, 6.45) is 0. The Morgan fingerprint density at radius 3 is 2.62 bits per heavy atom. The molecule has 0 saturated heterocycles. The van der Waals surface area contributed by atoms with Crippen LogP contribution >= 0.6 is 0 Å². The van der Waals surface area contributed by atoms with Gasteiger partial charge in [0.25, 0.3) is 11.6 Å². The predicted octanol–water partition coefficient (Wildman–Crippen LogP) is 2.91. The van der Waals surface area contributed by atoms with E-state index in [1.54, 1.807) is 31.2 Å². The molecule has 1 N–H and O–H groups in total. The lowest BCUT2D eigenvalue weighted by atomic mass is 10.1. The molecule has 0 aromatic heterocycles. The molecule has 0 spiro atoms. The van der Waals surface area contributed by atoms with Crippen LogP contribution in [-0.2, 0) is 14.4 Å². The first kappa shape index (κ1) is 21.6. The van der Waals surface area contributed by atoms with E-state index in [0.717, 1.165) is 5.06 Å². The maximum absolute atomic E-state index is 12.3. The highest BCUT2D eigenvalue weighted by atomic mass is 16.7. The molecule has 0 bridgehead atoms. The number of carbonyl (C=O) groups excluding carboxylic acids is 2. The molecule has 1 amide bonds. The summed E-state index contributed by atoms with van der Waals surface area (Å²) in [5, 5.41) is 15.3. The van der Waals surface area contributed by atoms with Gasteiger partial charge in [0.1, 0.15) is 11.4 Å². The van der Waals surface area contributed by atoms with Gasteiger partial charge in [0.15, 0.2) is 6.61 Å². The highest BCUT2D eigenvalue weighted by molar-refractivity contribution is 5.95. The van der Waals surface area contributed by atoms with Gasteiger partial charge in [0.05, 0.1) is 18.6 Å². The Hall–Kier alpha value is -3.66. The first-order valence-corrected chi connectivity index (χ1v) is 8.61. The van der Waals surface area contributed by atoms with Crippen LogP contribution < -0.4 is 10.1 Å². The minimum atomic E-state index is -0.558. The first-order valence-electron chi connectivity index (χ1n) is 8.61. The number of carbonyl (C=O) groups is 2. The maximum atomic E-state index is 12.3. The van der Waals surface area contributed by atoms with Crippen molar-refractivity contribution in [1.29, 1.82) is 0 Å². The lowest BCUT2D eigenvalue weighted by molar-refractivity contribution is -0.383. The summed E-state index contributed by atoms with van der Waals surface area (Å²) in [7, 11) is 2.77. The Morgan fingerprint density at radius 2 is 1.97 bits per heavy atom. The zero-order chi connectivity index (χ0) is 21.4. The number of benzene rings is 2. The van der Waals surface area contributed by atoms with E-state index in [2.05, 4.69) is 5.32 Å². The molecule has 0 unspecified atom stereocenters. The third-order valence-corrected chi connectivity index (χ3v) is 3.78.